The van der Waals surface area contributed by atoms with Crippen LogP contribution in [0.25, 0.3) is 0 Å². The van der Waals surface area contributed by atoms with E-state index in [1.54, 1.807) is 55.5 Å². The molecule has 0 heterocycles. The van der Waals surface area contributed by atoms with E-state index in [-0.39, 0.29) is 12.4 Å². The standard InChI is InChI=1S/C16H14O4/c1-2-16(18)20-15-9-4-3-8-14(15)19-13-7-5-6-12(10-13)11-17/h3-11H,2H2,1H3. The van der Waals surface area contributed by atoms with Crippen LogP contribution in [0.2, 0.25) is 0 Å². The number of carbonyl (C=O) groups excluding carboxylic acids is 2. The highest BCUT2D eigenvalue weighted by atomic mass is 16.6. The molecule has 2 aromatic rings. The molecule has 4 heteroatoms. The zero-order valence-electron chi connectivity index (χ0n) is 11.0. The third kappa shape index (κ3) is 3.45. The molecule has 0 N–H and O–H groups in total. The Morgan fingerprint density at radius 1 is 1.10 bits per heavy atom. The van der Waals surface area contributed by atoms with Gasteiger partial charge >= 0.3 is 5.97 Å². The van der Waals surface area contributed by atoms with Crippen molar-refractivity contribution in [3.8, 4) is 17.2 Å². The van der Waals surface area contributed by atoms with Gasteiger partial charge in [0, 0.05) is 12.0 Å². The van der Waals surface area contributed by atoms with Gasteiger partial charge in [0.25, 0.3) is 0 Å². The third-order valence-corrected chi connectivity index (χ3v) is 2.58. The summed E-state index contributed by atoms with van der Waals surface area (Å²) in [7, 11) is 0. The van der Waals surface area contributed by atoms with Gasteiger partial charge in [-0.25, -0.2) is 0 Å². The number of carbonyl (C=O) groups is 2. The summed E-state index contributed by atoms with van der Waals surface area (Å²) in [6.07, 6.45) is 1.03. The first kappa shape index (κ1) is 13.8. The first-order valence-corrected chi connectivity index (χ1v) is 6.25. The molecular weight excluding hydrogens is 256 g/mol. The van der Waals surface area contributed by atoms with Crippen molar-refractivity contribution in [3.05, 3.63) is 54.1 Å². The van der Waals surface area contributed by atoms with E-state index < -0.39 is 0 Å². The lowest BCUT2D eigenvalue weighted by atomic mass is 10.2. The van der Waals surface area contributed by atoms with Gasteiger partial charge in [0.2, 0.25) is 0 Å². The number of hydrogen-bond acceptors (Lipinski definition) is 4. The van der Waals surface area contributed by atoms with E-state index in [1.807, 2.05) is 0 Å². The quantitative estimate of drug-likeness (QED) is 0.473. The summed E-state index contributed by atoms with van der Waals surface area (Å²) in [5.74, 6) is 0.963. The predicted molar refractivity (Wildman–Crippen MR) is 74.3 cm³/mol. The van der Waals surface area contributed by atoms with Crippen molar-refractivity contribution in [1.82, 2.24) is 0 Å². The second-order valence-corrected chi connectivity index (χ2v) is 4.07. The lowest BCUT2D eigenvalue weighted by molar-refractivity contribution is -0.134. The van der Waals surface area contributed by atoms with E-state index in [2.05, 4.69) is 0 Å². The number of rotatable bonds is 5. The van der Waals surface area contributed by atoms with Crippen molar-refractivity contribution >= 4 is 12.3 Å². The fourth-order valence-electron chi connectivity index (χ4n) is 1.59. The smallest absolute Gasteiger partial charge is 0.311 e. The van der Waals surface area contributed by atoms with Gasteiger partial charge in [-0.15, -0.1) is 0 Å². The second-order valence-electron chi connectivity index (χ2n) is 4.07. The Balaban J connectivity index is 2.24. The monoisotopic (exact) mass is 270 g/mol. The number of ether oxygens (including phenoxy) is 2. The lowest BCUT2D eigenvalue weighted by Gasteiger charge is -2.11. The molecule has 2 rings (SSSR count). The molecule has 0 fully saturated rings. The normalized spacial score (nSPS) is 9.85. The Bertz CT molecular complexity index is 619. The molecule has 0 spiro atoms. The highest BCUT2D eigenvalue weighted by molar-refractivity contribution is 5.75. The maximum absolute atomic E-state index is 11.4. The van der Waals surface area contributed by atoms with Crippen molar-refractivity contribution in [2.24, 2.45) is 0 Å². The number of benzene rings is 2. The topological polar surface area (TPSA) is 52.6 Å². The zero-order chi connectivity index (χ0) is 14.4. The minimum atomic E-state index is -0.331. The van der Waals surface area contributed by atoms with Crippen LogP contribution in [0.1, 0.15) is 23.7 Å². The van der Waals surface area contributed by atoms with Crippen molar-refractivity contribution in [3.63, 3.8) is 0 Å². The molecule has 4 nitrogen and oxygen atoms in total. The summed E-state index contributed by atoms with van der Waals surface area (Å²) >= 11 is 0. The van der Waals surface area contributed by atoms with Gasteiger partial charge in [-0.05, 0) is 24.3 Å². The third-order valence-electron chi connectivity index (χ3n) is 2.58. The van der Waals surface area contributed by atoms with Crippen LogP contribution >= 0.6 is 0 Å². The van der Waals surface area contributed by atoms with Gasteiger partial charge in [-0.1, -0.05) is 31.2 Å². The summed E-state index contributed by atoms with van der Waals surface area (Å²) in [6.45, 7) is 1.72. The van der Waals surface area contributed by atoms with E-state index in [0.717, 1.165) is 6.29 Å². The van der Waals surface area contributed by atoms with Crippen LogP contribution in [-0.4, -0.2) is 12.3 Å². The molecule has 2 aromatic carbocycles. The number of para-hydroxylation sites is 2. The molecule has 0 radical (unpaired) electrons. The molecule has 0 unspecified atom stereocenters. The van der Waals surface area contributed by atoms with Crippen molar-refractivity contribution in [2.75, 3.05) is 0 Å². The van der Waals surface area contributed by atoms with Crippen molar-refractivity contribution in [1.29, 1.82) is 0 Å². The molecule has 0 bridgehead atoms. The van der Waals surface area contributed by atoms with E-state index in [4.69, 9.17) is 9.47 Å². The number of hydrogen-bond donors (Lipinski definition) is 0. The fraction of sp³-hybridized carbons (Fsp3) is 0.125. The van der Waals surface area contributed by atoms with E-state index in [0.29, 0.717) is 22.8 Å². The highest BCUT2D eigenvalue weighted by Gasteiger charge is 2.09. The Labute approximate surface area is 116 Å². The van der Waals surface area contributed by atoms with E-state index >= 15 is 0 Å². The van der Waals surface area contributed by atoms with Crippen molar-refractivity contribution in [2.45, 2.75) is 13.3 Å². The molecule has 0 aliphatic heterocycles. The summed E-state index contributed by atoms with van der Waals surface area (Å²) < 4.78 is 10.9. The Morgan fingerprint density at radius 2 is 1.85 bits per heavy atom. The minimum Gasteiger partial charge on any atom is -0.453 e. The molecule has 0 aliphatic rings. The SMILES string of the molecule is CCC(=O)Oc1ccccc1Oc1cccc(C=O)c1. The largest absolute Gasteiger partial charge is 0.453 e. The Morgan fingerprint density at radius 3 is 2.55 bits per heavy atom. The van der Waals surface area contributed by atoms with E-state index in [1.165, 1.54) is 0 Å². The molecule has 0 aliphatic carbocycles. The highest BCUT2D eigenvalue weighted by Crippen LogP contribution is 2.31. The Kier molecular flexibility index (Phi) is 4.50. The molecule has 0 amide bonds. The maximum atomic E-state index is 11.4. The summed E-state index contributed by atoms with van der Waals surface area (Å²) in [4.78, 5) is 22.1. The van der Waals surface area contributed by atoms with Gasteiger partial charge < -0.3 is 9.47 Å². The molecule has 102 valence electrons. The summed E-state index contributed by atoms with van der Waals surface area (Å²) in [5, 5.41) is 0. The Hall–Kier alpha value is -2.62. The minimum absolute atomic E-state index is 0.287. The predicted octanol–water partition coefficient (Wildman–Crippen LogP) is 3.61. The van der Waals surface area contributed by atoms with Crippen LogP contribution in [0.3, 0.4) is 0 Å². The van der Waals surface area contributed by atoms with Gasteiger partial charge in [-0.3, -0.25) is 9.59 Å². The maximum Gasteiger partial charge on any atom is 0.311 e. The van der Waals surface area contributed by atoms with Gasteiger partial charge in [0.05, 0.1) is 0 Å². The molecule has 20 heavy (non-hydrogen) atoms. The average molecular weight is 270 g/mol. The molecular formula is C16H14O4. The van der Waals surface area contributed by atoms with Crippen molar-refractivity contribution < 1.29 is 19.1 Å². The van der Waals surface area contributed by atoms with Crippen LogP contribution in [0, 0.1) is 0 Å². The van der Waals surface area contributed by atoms with E-state index in [9.17, 15) is 9.59 Å². The van der Waals surface area contributed by atoms with Gasteiger partial charge in [0.15, 0.2) is 11.5 Å². The molecule has 0 saturated heterocycles. The molecule has 0 atom stereocenters. The fourth-order valence-corrected chi connectivity index (χ4v) is 1.59. The first-order valence-electron chi connectivity index (χ1n) is 6.25. The van der Waals surface area contributed by atoms with Crippen LogP contribution < -0.4 is 9.47 Å². The van der Waals surface area contributed by atoms with Gasteiger partial charge in [0.1, 0.15) is 12.0 Å². The second kappa shape index (κ2) is 6.52. The van der Waals surface area contributed by atoms with Crippen LogP contribution in [0.15, 0.2) is 48.5 Å². The summed E-state index contributed by atoms with van der Waals surface area (Å²) in [6, 6.07) is 13.6. The number of esters is 1. The van der Waals surface area contributed by atoms with Crippen LogP contribution in [-0.2, 0) is 4.79 Å². The zero-order valence-corrected chi connectivity index (χ0v) is 11.0. The summed E-state index contributed by atoms with van der Waals surface area (Å²) in [5.41, 5.74) is 0.519. The number of aldehydes is 1. The molecule has 0 aromatic heterocycles. The van der Waals surface area contributed by atoms with Crippen LogP contribution in [0.4, 0.5) is 0 Å². The molecule has 0 saturated carbocycles. The van der Waals surface area contributed by atoms with Gasteiger partial charge in [-0.2, -0.15) is 0 Å². The first-order chi connectivity index (χ1) is 9.72. The lowest BCUT2D eigenvalue weighted by Crippen LogP contribution is -2.06. The van der Waals surface area contributed by atoms with Crippen LogP contribution in [0.5, 0.6) is 17.2 Å². The average Bonchev–Trinajstić information content (AvgIpc) is 2.49.